The molecule has 3 aliphatic heterocycles. The van der Waals surface area contributed by atoms with Gasteiger partial charge in [-0.25, -0.2) is 4.79 Å². The number of aliphatic imine (C=N–C) groups is 1. The highest BCUT2D eigenvalue weighted by Crippen LogP contribution is 2.47. The molecule has 0 radical (unpaired) electrons. The second-order valence-electron chi connectivity index (χ2n) is 13.3. The SMILES string of the molecule is CC(C)(C)OC(=O)N1[C@@H]2CC[C@@H](C2)[C@H]1C1=NC2=C(C1)c1ccc(B3OC(C)(C)C(C)(C)O3)cc1CC2. The molecule has 6 nitrogen and oxygen atoms in total. The van der Waals surface area contributed by atoms with E-state index in [0.29, 0.717) is 5.92 Å². The van der Waals surface area contributed by atoms with Crippen LogP contribution in [0.5, 0.6) is 0 Å². The molecule has 0 N–H and O–H groups in total. The number of rotatable bonds is 2. The van der Waals surface area contributed by atoms with E-state index in [9.17, 15) is 4.79 Å². The van der Waals surface area contributed by atoms with Gasteiger partial charge in [-0.2, -0.15) is 0 Å². The van der Waals surface area contributed by atoms with Gasteiger partial charge < -0.3 is 14.0 Å². The van der Waals surface area contributed by atoms with Crippen LogP contribution in [-0.4, -0.2) is 52.7 Å². The van der Waals surface area contributed by atoms with Crippen LogP contribution < -0.4 is 5.46 Å². The molecule has 2 bridgehead atoms. The second kappa shape index (κ2) is 7.94. The molecule has 7 heteroatoms. The molecule has 3 fully saturated rings. The van der Waals surface area contributed by atoms with E-state index in [-0.39, 0.29) is 36.5 Å². The summed E-state index contributed by atoms with van der Waals surface area (Å²) in [6.07, 6.45) is 5.86. The fourth-order valence-corrected chi connectivity index (χ4v) is 6.68. The Kier molecular flexibility index (Phi) is 5.35. The highest BCUT2D eigenvalue weighted by atomic mass is 16.7. The summed E-state index contributed by atoms with van der Waals surface area (Å²) in [5, 5.41) is 0. The van der Waals surface area contributed by atoms with Gasteiger partial charge in [-0.15, -0.1) is 0 Å². The van der Waals surface area contributed by atoms with Crippen LogP contribution in [0.4, 0.5) is 4.79 Å². The van der Waals surface area contributed by atoms with Crippen LogP contribution in [0.1, 0.15) is 91.7 Å². The number of nitrogens with zero attached hydrogens (tertiary/aromatic N) is 2. The topological polar surface area (TPSA) is 60.4 Å². The first-order valence-electron chi connectivity index (χ1n) is 13.6. The number of hydrogen-bond donors (Lipinski definition) is 0. The summed E-state index contributed by atoms with van der Waals surface area (Å²) in [5.74, 6) is 0.493. The van der Waals surface area contributed by atoms with Crippen molar-refractivity contribution in [2.24, 2.45) is 10.9 Å². The number of carbonyl (C=O) groups excluding carboxylic acids is 1. The molecular weight excluding hydrogens is 451 g/mol. The molecule has 3 heterocycles. The van der Waals surface area contributed by atoms with Gasteiger partial charge in [0.1, 0.15) is 5.60 Å². The first kappa shape index (κ1) is 24.2. The summed E-state index contributed by atoms with van der Waals surface area (Å²) in [6, 6.07) is 7.00. The fraction of sp³-hybridized carbons (Fsp3) is 0.655. The van der Waals surface area contributed by atoms with E-state index in [4.69, 9.17) is 19.0 Å². The van der Waals surface area contributed by atoms with Crippen molar-refractivity contribution in [2.45, 2.75) is 116 Å². The summed E-state index contributed by atoms with van der Waals surface area (Å²) < 4.78 is 18.4. The van der Waals surface area contributed by atoms with E-state index >= 15 is 0 Å². The highest BCUT2D eigenvalue weighted by molar-refractivity contribution is 6.62. The van der Waals surface area contributed by atoms with Gasteiger partial charge in [0.15, 0.2) is 0 Å². The Bertz CT molecular complexity index is 1160. The molecule has 0 aromatic heterocycles. The molecule has 5 aliphatic rings. The summed E-state index contributed by atoms with van der Waals surface area (Å²) >= 11 is 0. The second-order valence-corrected chi connectivity index (χ2v) is 13.3. The van der Waals surface area contributed by atoms with Crippen LogP contribution in [0.2, 0.25) is 0 Å². The van der Waals surface area contributed by atoms with Crippen molar-refractivity contribution in [3.05, 3.63) is 35.0 Å². The van der Waals surface area contributed by atoms with Crippen molar-refractivity contribution in [1.29, 1.82) is 0 Å². The number of amides is 1. The summed E-state index contributed by atoms with van der Waals surface area (Å²) in [6.45, 7) is 14.2. The Hall–Kier alpha value is -2.12. The zero-order valence-corrected chi connectivity index (χ0v) is 22.8. The third-order valence-electron chi connectivity index (χ3n) is 9.13. The quantitative estimate of drug-likeness (QED) is 0.530. The van der Waals surface area contributed by atoms with Crippen molar-refractivity contribution in [3.63, 3.8) is 0 Å². The predicted molar refractivity (Wildman–Crippen MR) is 142 cm³/mol. The Labute approximate surface area is 215 Å². The standard InChI is InChI=1S/C29H39BN2O4/c1-27(2,3)34-26(33)32-20-11-8-18(15-20)25(32)24-16-22-21-12-10-19(14-17(21)9-13-23(22)31-24)30-35-28(4,5)29(6,7)36-30/h10,12,14,18,20,25H,8-9,11,13,15-16H2,1-7H3/t18-,20+,25-/m0/s1. The molecule has 6 rings (SSSR count). The average molecular weight is 490 g/mol. The molecule has 36 heavy (non-hydrogen) atoms. The molecule has 1 amide bonds. The molecule has 1 aromatic rings. The zero-order chi connectivity index (χ0) is 25.6. The first-order valence-corrected chi connectivity index (χ1v) is 13.6. The van der Waals surface area contributed by atoms with Gasteiger partial charge >= 0.3 is 13.2 Å². The van der Waals surface area contributed by atoms with Crippen LogP contribution in [0.15, 0.2) is 28.9 Å². The van der Waals surface area contributed by atoms with Crippen LogP contribution in [-0.2, 0) is 20.5 Å². The van der Waals surface area contributed by atoms with E-state index < -0.39 is 5.60 Å². The highest BCUT2D eigenvalue weighted by Gasteiger charge is 2.53. The molecule has 192 valence electrons. The average Bonchev–Trinajstić information content (AvgIpc) is 3.53. The van der Waals surface area contributed by atoms with Gasteiger partial charge in [0.05, 0.1) is 17.2 Å². The normalized spacial score (nSPS) is 30.0. The fourth-order valence-electron chi connectivity index (χ4n) is 6.68. The maximum Gasteiger partial charge on any atom is 0.494 e. The molecular formula is C29H39BN2O4. The van der Waals surface area contributed by atoms with Gasteiger partial charge in [-0.1, -0.05) is 18.2 Å². The lowest BCUT2D eigenvalue weighted by atomic mass is 9.75. The number of benzene rings is 1. The maximum absolute atomic E-state index is 13.2. The van der Waals surface area contributed by atoms with Gasteiger partial charge in [0.25, 0.3) is 0 Å². The Morgan fingerprint density at radius 1 is 1.11 bits per heavy atom. The largest absolute Gasteiger partial charge is 0.494 e. The van der Waals surface area contributed by atoms with E-state index in [0.717, 1.165) is 43.3 Å². The third-order valence-corrected chi connectivity index (χ3v) is 9.13. The Morgan fingerprint density at radius 2 is 1.83 bits per heavy atom. The molecule has 1 saturated carbocycles. The van der Waals surface area contributed by atoms with E-state index in [1.54, 1.807) is 0 Å². The lowest BCUT2D eigenvalue weighted by Crippen LogP contribution is -2.50. The number of hydrogen-bond acceptors (Lipinski definition) is 5. The van der Waals surface area contributed by atoms with Gasteiger partial charge in [0, 0.05) is 23.9 Å². The number of allylic oxidation sites excluding steroid dienone is 2. The lowest BCUT2D eigenvalue weighted by molar-refractivity contribution is 0.00578. The number of likely N-dealkylation sites (tertiary alicyclic amines) is 1. The molecule has 1 aromatic carbocycles. The predicted octanol–water partition coefficient (Wildman–Crippen LogP) is 5.28. The minimum atomic E-state index is -0.494. The lowest BCUT2D eigenvalue weighted by Gasteiger charge is -2.36. The smallest absolute Gasteiger partial charge is 0.444 e. The van der Waals surface area contributed by atoms with Gasteiger partial charge in [-0.3, -0.25) is 9.89 Å². The number of aryl methyl sites for hydroxylation is 1. The van der Waals surface area contributed by atoms with E-state index in [1.165, 1.54) is 28.8 Å². The minimum absolute atomic E-state index is 0.0664. The van der Waals surface area contributed by atoms with Crippen molar-refractivity contribution in [3.8, 4) is 0 Å². The van der Waals surface area contributed by atoms with Crippen LogP contribution >= 0.6 is 0 Å². The van der Waals surface area contributed by atoms with Crippen LogP contribution in [0.25, 0.3) is 5.57 Å². The Balaban J connectivity index is 1.23. The van der Waals surface area contributed by atoms with Crippen LogP contribution in [0, 0.1) is 5.92 Å². The van der Waals surface area contributed by atoms with Gasteiger partial charge in [0.2, 0.25) is 0 Å². The van der Waals surface area contributed by atoms with E-state index in [2.05, 4.69) is 45.9 Å². The van der Waals surface area contributed by atoms with E-state index in [1.807, 2.05) is 25.7 Å². The number of piperidine rings is 1. The number of ether oxygens (including phenoxy) is 1. The Morgan fingerprint density at radius 3 is 2.53 bits per heavy atom. The molecule has 2 aliphatic carbocycles. The van der Waals surface area contributed by atoms with Crippen molar-refractivity contribution in [2.75, 3.05) is 0 Å². The van der Waals surface area contributed by atoms with Crippen LogP contribution in [0.3, 0.4) is 0 Å². The molecule has 2 saturated heterocycles. The maximum atomic E-state index is 13.2. The number of fused-ring (bicyclic) bond motifs is 4. The molecule has 0 spiro atoms. The zero-order valence-electron chi connectivity index (χ0n) is 22.8. The van der Waals surface area contributed by atoms with Gasteiger partial charge in [-0.05, 0) is 109 Å². The molecule has 0 unspecified atom stereocenters. The van der Waals surface area contributed by atoms with Crippen molar-refractivity contribution in [1.82, 2.24) is 4.90 Å². The monoisotopic (exact) mass is 490 g/mol. The van der Waals surface area contributed by atoms with Crippen molar-refractivity contribution >= 4 is 30.0 Å². The number of carbonyl (C=O) groups is 1. The third kappa shape index (κ3) is 3.85. The molecule has 3 atom stereocenters. The summed E-state index contributed by atoms with van der Waals surface area (Å²) in [7, 11) is -0.345. The first-order chi connectivity index (χ1) is 16.8. The van der Waals surface area contributed by atoms with Crippen molar-refractivity contribution < 1.29 is 18.8 Å². The summed E-state index contributed by atoms with van der Waals surface area (Å²) in [4.78, 5) is 20.4. The summed E-state index contributed by atoms with van der Waals surface area (Å²) in [5.41, 5.74) is 6.21. The minimum Gasteiger partial charge on any atom is -0.444 e.